The molecule has 0 aliphatic carbocycles. The average molecular weight is 256 g/mol. The van der Waals surface area contributed by atoms with Crippen molar-refractivity contribution in [2.24, 2.45) is 5.73 Å². The van der Waals surface area contributed by atoms with Gasteiger partial charge in [-0.15, -0.1) is 12.4 Å². The lowest BCUT2D eigenvalue weighted by molar-refractivity contribution is 0.0522. The minimum Gasteiger partial charge on any atom is -0.461 e. The second-order valence-corrected chi connectivity index (χ2v) is 3.29. The number of pyridine rings is 1. The van der Waals surface area contributed by atoms with Crippen molar-refractivity contribution in [2.45, 2.75) is 13.5 Å². The fourth-order valence-corrected chi connectivity index (χ4v) is 1.60. The topological polar surface area (TPSA) is 69.6 Å². The van der Waals surface area contributed by atoms with Gasteiger partial charge in [0.25, 0.3) is 0 Å². The predicted octanol–water partition coefficient (Wildman–Crippen LogP) is 1.39. The third-order valence-electron chi connectivity index (χ3n) is 2.33. The molecule has 0 atom stereocenters. The number of imidazole rings is 1. The molecule has 0 unspecified atom stereocenters. The van der Waals surface area contributed by atoms with Crippen LogP contribution in [0.4, 0.5) is 0 Å². The van der Waals surface area contributed by atoms with Crippen molar-refractivity contribution in [1.29, 1.82) is 0 Å². The number of nitrogens with zero attached hydrogens (tertiary/aromatic N) is 2. The van der Waals surface area contributed by atoms with E-state index in [1.807, 2.05) is 18.2 Å². The minimum absolute atomic E-state index is 0. The molecule has 17 heavy (non-hydrogen) atoms. The molecule has 2 aromatic rings. The van der Waals surface area contributed by atoms with Gasteiger partial charge in [0.1, 0.15) is 6.33 Å². The molecule has 0 aliphatic rings. The summed E-state index contributed by atoms with van der Waals surface area (Å²) >= 11 is 0. The number of nitrogens with two attached hydrogens (primary N) is 1. The SMILES string of the molecule is CCOC(=O)c1ncn2c(CN)cccc12.Cl. The van der Waals surface area contributed by atoms with Gasteiger partial charge in [-0.3, -0.25) is 0 Å². The lowest BCUT2D eigenvalue weighted by Crippen LogP contribution is -2.06. The lowest BCUT2D eigenvalue weighted by atomic mass is 10.3. The van der Waals surface area contributed by atoms with Crippen LogP contribution in [0.15, 0.2) is 24.5 Å². The highest BCUT2D eigenvalue weighted by atomic mass is 35.5. The smallest absolute Gasteiger partial charge is 0.359 e. The van der Waals surface area contributed by atoms with Gasteiger partial charge in [-0.1, -0.05) is 6.07 Å². The van der Waals surface area contributed by atoms with Crippen LogP contribution in [0.2, 0.25) is 0 Å². The number of carbonyl (C=O) groups is 1. The molecule has 5 nitrogen and oxygen atoms in total. The van der Waals surface area contributed by atoms with Crippen LogP contribution in [0.1, 0.15) is 23.1 Å². The Hall–Kier alpha value is -1.59. The summed E-state index contributed by atoms with van der Waals surface area (Å²) in [5.74, 6) is -0.404. The first-order valence-electron chi connectivity index (χ1n) is 5.10. The maximum atomic E-state index is 11.6. The first-order valence-corrected chi connectivity index (χ1v) is 5.10. The van der Waals surface area contributed by atoms with Crippen molar-refractivity contribution in [2.75, 3.05) is 6.61 Å². The number of ether oxygens (including phenoxy) is 1. The van der Waals surface area contributed by atoms with Crippen LogP contribution in [0.25, 0.3) is 5.52 Å². The number of aromatic nitrogens is 2. The molecule has 0 radical (unpaired) electrons. The summed E-state index contributed by atoms with van der Waals surface area (Å²) in [6, 6.07) is 5.56. The van der Waals surface area contributed by atoms with Crippen LogP contribution in [0, 0.1) is 0 Å². The summed E-state index contributed by atoms with van der Waals surface area (Å²) in [5.41, 5.74) is 7.55. The van der Waals surface area contributed by atoms with Crippen molar-refractivity contribution < 1.29 is 9.53 Å². The van der Waals surface area contributed by atoms with Gasteiger partial charge in [-0.25, -0.2) is 9.78 Å². The fraction of sp³-hybridized carbons (Fsp3) is 0.273. The Bertz CT molecular complexity index is 524. The van der Waals surface area contributed by atoms with E-state index in [2.05, 4.69) is 4.98 Å². The first kappa shape index (κ1) is 13.5. The largest absolute Gasteiger partial charge is 0.461 e. The standard InChI is InChI=1S/C11H13N3O2.ClH/c1-2-16-11(15)10-9-5-3-4-8(6-12)14(9)7-13-10;/h3-5,7H,2,6,12H2,1H3;1H. The third-order valence-corrected chi connectivity index (χ3v) is 2.33. The molecule has 2 N–H and O–H groups in total. The molecule has 0 bridgehead atoms. The van der Waals surface area contributed by atoms with E-state index in [9.17, 15) is 4.79 Å². The van der Waals surface area contributed by atoms with E-state index in [1.165, 1.54) is 0 Å². The van der Waals surface area contributed by atoms with Crippen molar-refractivity contribution in [3.63, 3.8) is 0 Å². The van der Waals surface area contributed by atoms with Crippen LogP contribution in [0.3, 0.4) is 0 Å². The first-order chi connectivity index (χ1) is 7.77. The van der Waals surface area contributed by atoms with E-state index >= 15 is 0 Å². The minimum atomic E-state index is -0.404. The van der Waals surface area contributed by atoms with Crippen LogP contribution in [-0.2, 0) is 11.3 Å². The van der Waals surface area contributed by atoms with Crippen molar-refractivity contribution in [3.8, 4) is 0 Å². The van der Waals surface area contributed by atoms with E-state index in [1.54, 1.807) is 17.7 Å². The zero-order chi connectivity index (χ0) is 11.5. The molecule has 0 fully saturated rings. The summed E-state index contributed by atoms with van der Waals surface area (Å²) in [7, 11) is 0. The molecule has 6 heteroatoms. The molecular weight excluding hydrogens is 242 g/mol. The van der Waals surface area contributed by atoms with Crippen molar-refractivity contribution >= 4 is 23.9 Å². The molecule has 2 aromatic heterocycles. The summed E-state index contributed by atoms with van der Waals surface area (Å²) in [4.78, 5) is 15.6. The highest BCUT2D eigenvalue weighted by molar-refractivity contribution is 5.94. The van der Waals surface area contributed by atoms with E-state index in [0.717, 1.165) is 11.2 Å². The Morgan fingerprint density at radius 1 is 1.53 bits per heavy atom. The molecule has 92 valence electrons. The Morgan fingerprint density at radius 3 is 2.94 bits per heavy atom. The molecule has 0 saturated carbocycles. The molecule has 0 amide bonds. The predicted molar refractivity (Wildman–Crippen MR) is 66.3 cm³/mol. The molecule has 0 spiro atoms. The molecule has 0 aliphatic heterocycles. The number of esters is 1. The second-order valence-electron chi connectivity index (χ2n) is 3.29. The van der Waals surface area contributed by atoms with Crippen LogP contribution >= 0.6 is 12.4 Å². The highest BCUT2D eigenvalue weighted by Gasteiger charge is 2.14. The Labute approximate surface area is 105 Å². The van der Waals surface area contributed by atoms with Crippen LogP contribution in [-0.4, -0.2) is 22.0 Å². The Balaban J connectivity index is 0.00000144. The maximum absolute atomic E-state index is 11.6. The van der Waals surface area contributed by atoms with Crippen molar-refractivity contribution in [3.05, 3.63) is 35.9 Å². The summed E-state index contributed by atoms with van der Waals surface area (Å²) in [5, 5.41) is 0. The maximum Gasteiger partial charge on any atom is 0.359 e. The summed E-state index contributed by atoms with van der Waals surface area (Å²) < 4.78 is 6.72. The number of hydrogen-bond acceptors (Lipinski definition) is 4. The number of carbonyl (C=O) groups excluding carboxylic acids is 1. The van der Waals surface area contributed by atoms with Crippen LogP contribution in [0.5, 0.6) is 0 Å². The Kier molecular flexibility index (Phi) is 4.48. The molecule has 2 rings (SSSR count). The quantitative estimate of drug-likeness (QED) is 0.842. The Morgan fingerprint density at radius 2 is 2.29 bits per heavy atom. The van der Waals surface area contributed by atoms with Gasteiger partial charge in [0, 0.05) is 12.2 Å². The van der Waals surface area contributed by atoms with Gasteiger partial charge in [-0.05, 0) is 19.1 Å². The van der Waals surface area contributed by atoms with Gasteiger partial charge >= 0.3 is 5.97 Å². The van der Waals surface area contributed by atoms with E-state index in [4.69, 9.17) is 10.5 Å². The average Bonchev–Trinajstić information content (AvgIpc) is 2.72. The van der Waals surface area contributed by atoms with Crippen LogP contribution < -0.4 is 5.73 Å². The fourth-order valence-electron chi connectivity index (χ4n) is 1.60. The number of halogens is 1. The van der Waals surface area contributed by atoms with E-state index in [-0.39, 0.29) is 12.4 Å². The van der Waals surface area contributed by atoms with Gasteiger partial charge in [-0.2, -0.15) is 0 Å². The number of hydrogen-bond donors (Lipinski definition) is 1. The number of fused-ring (bicyclic) bond motifs is 1. The van der Waals surface area contributed by atoms with Gasteiger partial charge in [0.05, 0.1) is 12.1 Å². The molecule has 0 aromatic carbocycles. The zero-order valence-electron chi connectivity index (χ0n) is 9.42. The summed E-state index contributed by atoms with van der Waals surface area (Å²) in [6.45, 7) is 2.51. The monoisotopic (exact) mass is 255 g/mol. The van der Waals surface area contributed by atoms with Gasteiger partial charge < -0.3 is 14.9 Å². The normalized spacial score (nSPS) is 10.0. The second kappa shape index (κ2) is 5.65. The van der Waals surface area contributed by atoms with E-state index in [0.29, 0.717) is 18.8 Å². The third kappa shape index (κ3) is 2.40. The molecule has 2 heterocycles. The van der Waals surface area contributed by atoms with Crippen molar-refractivity contribution in [1.82, 2.24) is 9.38 Å². The van der Waals surface area contributed by atoms with Gasteiger partial charge in [0.15, 0.2) is 5.69 Å². The highest BCUT2D eigenvalue weighted by Crippen LogP contribution is 2.13. The van der Waals surface area contributed by atoms with E-state index < -0.39 is 5.97 Å². The zero-order valence-corrected chi connectivity index (χ0v) is 10.2. The lowest BCUT2D eigenvalue weighted by Gasteiger charge is -2.02. The molecular formula is C11H14ClN3O2. The molecule has 0 saturated heterocycles. The number of rotatable bonds is 3. The summed E-state index contributed by atoms with van der Waals surface area (Å²) in [6.07, 6.45) is 1.59. The van der Waals surface area contributed by atoms with Gasteiger partial charge in [0.2, 0.25) is 0 Å².